The lowest BCUT2D eigenvalue weighted by molar-refractivity contribution is -0.117. The Kier molecular flexibility index (Phi) is 8.81. The molecule has 7 nitrogen and oxygen atoms in total. The van der Waals surface area contributed by atoms with Crippen molar-refractivity contribution in [1.29, 1.82) is 0 Å². The van der Waals surface area contributed by atoms with Crippen LogP contribution in [0.15, 0.2) is 42.5 Å². The Balaban J connectivity index is 0.000000451. The predicted molar refractivity (Wildman–Crippen MR) is 125 cm³/mol. The second-order valence-corrected chi connectivity index (χ2v) is 7.90. The molecule has 2 aromatic carbocycles. The predicted octanol–water partition coefficient (Wildman–Crippen LogP) is 4.71. The maximum absolute atomic E-state index is 12.0. The number of rotatable bonds is 4. The van der Waals surface area contributed by atoms with Gasteiger partial charge in [-0.1, -0.05) is 18.2 Å². The number of ether oxygens (including phenoxy) is 2. The summed E-state index contributed by atoms with van der Waals surface area (Å²) in [5.74, 6) is -0.217. The van der Waals surface area contributed by atoms with Gasteiger partial charge in [-0.15, -0.1) is 0 Å². The summed E-state index contributed by atoms with van der Waals surface area (Å²) >= 11 is 0. The van der Waals surface area contributed by atoms with E-state index in [4.69, 9.17) is 4.74 Å². The van der Waals surface area contributed by atoms with Crippen LogP contribution in [-0.2, 0) is 20.7 Å². The number of fused-ring (bicyclic) bond motifs is 1. The highest BCUT2D eigenvalue weighted by Crippen LogP contribution is 2.34. The lowest BCUT2D eigenvalue weighted by Gasteiger charge is -2.34. The van der Waals surface area contributed by atoms with Crippen LogP contribution in [0.25, 0.3) is 11.1 Å². The Bertz CT molecular complexity index is 953. The number of carbonyl (C=O) groups excluding carboxylic acids is 3. The van der Waals surface area contributed by atoms with Crippen LogP contribution >= 0.6 is 0 Å². The van der Waals surface area contributed by atoms with E-state index in [9.17, 15) is 14.4 Å². The molecule has 7 heteroatoms. The third-order valence-electron chi connectivity index (χ3n) is 5.03. The summed E-state index contributed by atoms with van der Waals surface area (Å²) in [5, 5.41) is 0. The number of nitrogens with zero attached hydrogens (tertiary/aromatic N) is 1. The van der Waals surface area contributed by atoms with Crippen molar-refractivity contribution in [2.24, 2.45) is 5.73 Å². The number of carbonyl (C=O) groups is 3. The number of amides is 2. The second kappa shape index (κ2) is 11.3. The first-order valence-corrected chi connectivity index (χ1v) is 10.8. The van der Waals surface area contributed by atoms with E-state index >= 15 is 0 Å². The van der Waals surface area contributed by atoms with Gasteiger partial charge in [0.15, 0.2) is 0 Å². The zero-order valence-electron chi connectivity index (χ0n) is 19.4. The number of anilines is 1. The minimum Gasteiger partial charge on any atom is -0.462 e. The first-order chi connectivity index (χ1) is 15.1. The van der Waals surface area contributed by atoms with Gasteiger partial charge in [0, 0.05) is 18.7 Å². The zero-order chi connectivity index (χ0) is 23.8. The summed E-state index contributed by atoms with van der Waals surface area (Å²) < 4.78 is 9.40. The van der Waals surface area contributed by atoms with Crippen molar-refractivity contribution < 1.29 is 23.9 Å². The van der Waals surface area contributed by atoms with Crippen molar-refractivity contribution in [3.05, 3.63) is 53.6 Å². The van der Waals surface area contributed by atoms with E-state index in [0.29, 0.717) is 12.2 Å². The normalized spacial score (nSPS) is 14.7. The van der Waals surface area contributed by atoms with E-state index in [0.717, 1.165) is 29.7 Å². The largest absolute Gasteiger partial charge is 0.462 e. The van der Waals surface area contributed by atoms with Gasteiger partial charge in [0.25, 0.3) is 0 Å². The number of primary amides is 1. The van der Waals surface area contributed by atoms with E-state index < -0.39 is 6.09 Å². The van der Waals surface area contributed by atoms with E-state index in [-0.39, 0.29) is 24.0 Å². The van der Waals surface area contributed by atoms with Crippen LogP contribution in [0.4, 0.5) is 10.5 Å². The molecule has 32 heavy (non-hydrogen) atoms. The molecule has 172 valence electrons. The molecule has 1 heterocycles. The number of aryl methyl sites for hydroxylation is 1. The van der Waals surface area contributed by atoms with Gasteiger partial charge in [0.2, 0.25) is 5.91 Å². The standard InChI is InChI=1S/C21H23NO3.C4H9NO2/c1-4-25-21(24)17-9-7-16(8-10-17)18-11-12-20-19(13-18)6-5-14(2)22(20)15(3)23;1-3(2)7-4(5)6/h7-14H,4-6H2,1-3H3;3H,1-2H3,(H2,5,6)/t14-;/m0./s1. The number of benzene rings is 2. The molecule has 0 saturated carbocycles. The molecule has 0 radical (unpaired) electrons. The van der Waals surface area contributed by atoms with Gasteiger partial charge < -0.3 is 20.1 Å². The molecule has 2 amide bonds. The number of hydrogen-bond acceptors (Lipinski definition) is 5. The summed E-state index contributed by atoms with van der Waals surface area (Å²) in [4.78, 5) is 35.4. The highest BCUT2D eigenvalue weighted by atomic mass is 16.6. The van der Waals surface area contributed by atoms with Crippen LogP contribution in [0.2, 0.25) is 0 Å². The van der Waals surface area contributed by atoms with Crippen LogP contribution in [0.5, 0.6) is 0 Å². The fourth-order valence-corrected chi connectivity index (χ4v) is 3.66. The molecule has 0 bridgehead atoms. The average Bonchev–Trinajstić information content (AvgIpc) is 2.73. The minimum absolute atomic E-state index is 0.0833. The summed E-state index contributed by atoms with van der Waals surface area (Å²) in [6.07, 6.45) is 1.12. The lowest BCUT2D eigenvalue weighted by atomic mass is 9.93. The third-order valence-corrected chi connectivity index (χ3v) is 5.03. The van der Waals surface area contributed by atoms with E-state index in [1.165, 1.54) is 5.56 Å². The average molecular weight is 441 g/mol. The molecule has 0 aliphatic carbocycles. The van der Waals surface area contributed by atoms with Gasteiger partial charge in [-0.25, -0.2) is 9.59 Å². The quantitative estimate of drug-likeness (QED) is 0.694. The maximum atomic E-state index is 12.0. The molecule has 2 N–H and O–H groups in total. The maximum Gasteiger partial charge on any atom is 0.404 e. The summed E-state index contributed by atoms with van der Waals surface area (Å²) in [6, 6.07) is 13.9. The summed E-state index contributed by atoms with van der Waals surface area (Å²) in [7, 11) is 0. The first-order valence-electron chi connectivity index (χ1n) is 10.8. The van der Waals surface area contributed by atoms with Gasteiger partial charge in [0.1, 0.15) is 0 Å². The van der Waals surface area contributed by atoms with Crippen LogP contribution in [0.1, 0.15) is 57.0 Å². The summed E-state index contributed by atoms with van der Waals surface area (Å²) in [6.45, 7) is 9.36. The van der Waals surface area contributed by atoms with Crippen molar-refractivity contribution in [3.63, 3.8) is 0 Å². The molecule has 0 spiro atoms. The number of nitrogens with two attached hydrogens (primary N) is 1. The van der Waals surface area contributed by atoms with Gasteiger partial charge >= 0.3 is 12.1 Å². The Hall–Kier alpha value is -3.35. The van der Waals surface area contributed by atoms with Gasteiger partial charge in [0.05, 0.1) is 18.3 Å². The molecule has 1 aliphatic rings. The fourth-order valence-electron chi connectivity index (χ4n) is 3.66. The Morgan fingerprint density at radius 2 is 1.72 bits per heavy atom. The molecular weight excluding hydrogens is 408 g/mol. The monoisotopic (exact) mass is 440 g/mol. The SMILES string of the molecule is CC(C)OC(N)=O.CCOC(=O)c1ccc(-c2ccc3c(c2)CC[C@H](C)N3C(C)=O)cc1. The van der Waals surface area contributed by atoms with Gasteiger partial charge in [-0.05, 0) is 81.5 Å². The highest BCUT2D eigenvalue weighted by Gasteiger charge is 2.26. The molecule has 1 aliphatic heterocycles. The van der Waals surface area contributed by atoms with Crippen LogP contribution in [0.3, 0.4) is 0 Å². The van der Waals surface area contributed by atoms with E-state index in [1.807, 2.05) is 29.2 Å². The first kappa shape index (κ1) is 24.9. The Morgan fingerprint density at radius 1 is 1.09 bits per heavy atom. The lowest BCUT2D eigenvalue weighted by Crippen LogP contribution is -2.40. The van der Waals surface area contributed by atoms with Crippen molar-refractivity contribution >= 4 is 23.7 Å². The molecule has 3 rings (SSSR count). The van der Waals surface area contributed by atoms with Crippen LogP contribution < -0.4 is 10.6 Å². The van der Waals surface area contributed by atoms with E-state index in [2.05, 4.69) is 23.5 Å². The topological polar surface area (TPSA) is 98.9 Å². The van der Waals surface area contributed by atoms with Crippen LogP contribution in [0, 0.1) is 0 Å². The number of hydrogen-bond donors (Lipinski definition) is 1. The minimum atomic E-state index is -0.713. The molecule has 1 atom stereocenters. The molecule has 0 fully saturated rings. The van der Waals surface area contributed by atoms with Crippen molar-refractivity contribution in [2.75, 3.05) is 11.5 Å². The van der Waals surface area contributed by atoms with Gasteiger partial charge in [-0.2, -0.15) is 0 Å². The Morgan fingerprint density at radius 3 is 2.22 bits per heavy atom. The fraction of sp³-hybridized carbons (Fsp3) is 0.400. The molecular formula is C25H32N2O5. The summed E-state index contributed by atoms with van der Waals surface area (Å²) in [5.41, 5.74) is 9.53. The Labute approximate surface area is 189 Å². The van der Waals surface area contributed by atoms with Crippen molar-refractivity contribution in [2.45, 2.75) is 59.6 Å². The van der Waals surface area contributed by atoms with Gasteiger partial charge in [-0.3, -0.25) is 4.79 Å². The van der Waals surface area contributed by atoms with Crippen molar-refractivity contribution in [3.8, 4) is 11.1 Å². The molecule has 0 unspecified atom stereocenters. The smallest absolute Gasteiger partial charge is 0.404 e. The highest BCUT2D eigenvalue weighted by molar-refractivity contribution is 5.94. The van der Waals surface area contributed by atoms with E-state index in [1.54, 1.807) is 39.8 Å². The molecule has 0 saturated heterocycles. The van der Waals surface area contributed by atoms with Crippen LogP contribution in [-0.4, -0.2) is 36.7 Å². The zero-order valence-corrected chi connectivity index (χ0v) is 19.4. The second-order valence-electron chi connectivity index (χ2n) is 7.90. The molecule has 0 aromatic heterocycles. The third kappa shape index (κ3) is 6.57. The number of esters is 1. The van der Waals surface area contributed by atoms with Crippen molar-refractivity contribution in [1.82, 2.24) is 0 Å². The molecule has 2 aromatic rings.